The second-order valence-electron chi connectivity index (χ2n) is 3.76. The van der Waals surface area contributed by atoms with Gasteiger partial charge >= 0.3 is 0 Å². The van der Waals surface area contributed by atoms with Crippen molar-refractivity contribution in [2.24, 2.45) is 0 Å². The Morgan fingerprint density at radius 1 is 1.22 bits per heavy atom. The number of halogens is 1. The maximum Gasteiger partial charge on any atom is 0.222 e. The summed E-state index contributed by atoms with van der Waals surface area (Å²) in [4.78, 5) is 4.25. The van der Waals surface area contributed by atoms with Gasteiger partial charge in [0, 0.05) is 16.2 Å². The van der Waals surface area contributed by atoms with E-state index < -0.39 is 0 Å². The van der Waals surface area contributed by atoms with Gasteiger partial charge in [-0.2, -0.15) is 0 Å². The number of rotatable bonds is 4. The Morgan fingerprint density at radius 3 is 2.61 bits per heavy atom. The number of hydrogen-bond donors (Lipinski definition) is 0. The second kappa shape index (κ2) is 5.87. The van der Waals surface area contributed by atoms with Crippen molar-refractivity contribution in [2.75, 3.05) is 6.61 Å². The predicted octanol–water partition coefficient (Wildman–Crippen LogP) is 4.34. The van der Waals surface area contributed by atoms with Gasteiger partial charge in [0.2, 0.25) is 5.88 Å². The van der Waals surface area contributed by atoms with E-state index in [2.05, 4.69) is 20.9 Å². The van der Waals surface area contributed by atoms with Crippen LogP contribution in [-0.4, -0.2) is 11.6 Å². The van der Waals surface area contributed by atoms with Gasteiger partial charge in [-0.3, -0.25) is 0 Å². The van der Waals surface area contributed by atoms with Gasteiger partial charge in [0.25, 0.3) is 0 Å². The number of aromatic nitrogens is 1. The van der Waals surface area contributed by atoms with Crippen LogP contribution in [0.15, 0.2) is 41.0 Å². The van der Waals surface area contributed by atoms with Crippen molar-refractivity contribution in [3.05, 3.63) is 46.6 Å². The highest BCUT2D eigenvalue weighted by molar-refractivity contribution is 9.10. The van der Waals surface area contributed by atoms with Gasteiger partial charge in [-0.1, -0.05) is 12.1 Å². The molecule has 0 aliphatic rings. The number of para-hydroxylation sites is 2. The van der Waals surface area contributed by atoms with Crippen LogP contribution in [0, 0.1) is 6.92 Å². The molecule has 2 rings (SSSR count). The number of benzene rings is 1. The molecule has 0 aliphatic carbocycles. The maximum absolute atomic E-state index is 5.79. The van der Waals surface area contributed by atoms with Crippen LogP contribution in [-0.2, 0) is 0 Å². The van der Waals surface area contributed by atoms with E-state index in [0.717, 1.165) is 15.8 Å². The lowest BCUT2D eigenvalue weighted by atomic mass is 10.3. The Hall–Kier alpha value is -1.55. The molecule has 0 amide bonds. The summed E-state index contributed by atoms with van der Waals surface area (Å²) in [6, 6.07) is 9.54. The highest BCUT2D eigenvalue weighted by Crippen LogP contribution is 2.32. The van der Waals surface area contributed by atoms with Crippen LogP contribution in [0.3, 0.4) is 0 Å². The smallest absolute Gasteiger partial charge is 0.222 e. The molecule has 18 heavy (non-hydrogen) atoms. The van der Waals surface area contributed by atoms with E-state index in [0.29, 0.717) is 18.2 Å². The molecule has 0 aliphatic heterocycles. The normalized spacial score (nSPS) is 10.2. The zero-order chi connectivity index (χ0) is 13.0. The first kappa shape index (κ1) is 12.9. The number of pyridine rings is 1. The molecule has 0 unspecified atom stereocenters. The minimum absolute atomic E-state index is 0.588. The number of aryl methyl sites for hydroxylation is 1. The van der Waals surface area contributed by atoms with E-state index in [1.54, 1.807) is 6.20 Å². The number of hydrogen-bond acceptors (Lipinski definition) is 3. The van der Waals surface area contributed by atoms with E-state index >= 15 is 0 Å². The number of ether oxygens (including phenoxy) is 2. The summed E-state index contributed by atoms with van der Waals surface area (Å²) in [5.41, 5.74) is 0.968. The van der Waals surface area contributed by atoms with Crippen LogP contribution in [0.4, 0.5) is 0 Å². The molecule has 0 saturated heterocycles. The fourth-order valence-electron chi connectivity index (χ4n) is 1.55. The highest BCUT2D eigenvalue weighted by Gasteiger charge is 2.08. The van der Waals surface area contributed by atoms with Crippen LogP contribution in [0.1, 0.15) is 12.5 Å². The summed E-state index contributed by atoms with van der Waals surface area (Å²) in [5.74, 6) is 1.99. The van der Waals surface area contributed by atoms with Crippen LogP contribution in [0.5, 0.6) is 17.4 Å². The van der Waals surface area contributed by atoms with Crippen molar-refractivity contribution in [3.8, 4) is 17.4 Å². The largest absolute Gasteiger partial charge is 0.490 e. The van der Waals surface area contributed by atoms with Crippen LogP contribution < -0.4 is 9.47 Å². The summed E-state index contributed by atoms with van der Waals surface area (Å²) in [5, 5.41) is 0. The highest BCUT2D eigenvalue weighted by atomic mass is 79.9. The van der Waals surface area contributed by atoms with Crippen molar-refractivity contribution in [1.29, 1.82) is 0 Å². The zero-order valence-electron chi connectivity index (χ0n) is 10.3. The average molecular weight is 308 g/mol. The van der Waals surface area contributed by atoms with Gasteiger partial charge in [0.15, 0.2) is 11.5 Å². The molecule has 0 saturated carbocycles. The maximum atomic E-state index is 5.79. The van der Waals surface area contributed by atoms with Gasteiger partial charge in [-0.15, -0.1) is 0 Å². The molecular weight excluding hydrogens is 294 g/mol. The Labute approximate surface area is 115 Å². The molecular formula is C14H14BrNO2. The molecule has 2 aromatic rings. The lowest BCUT2D eigenvalue weighted by Gasteiger charge is -2.11. The molecule has 0 radical (unpaired) electrons. The predicted molar refractivity (Wildman–Crippen MR) is 74.4 cm³/mol. The molecule has 0 bridgehead atoms. The lowest BCUT2D eigenvalue weighted by Crippen LogP contribution is -1.96. The minimum Gasteiger partial charge on any atom is -0.490 e. The molecule has 1 aromatic heterocycles. The van der Waals surface area contributed by atoms with Gasteiger partial charge in [-0.05, 0) is 48.0 Å². The summed E-state index contributed by atoms with van der Waals surface area (Å²) >= 11 is 3.38. The van der Waals surface area contributed by atoms with Crippen LogP contribution in [0.25, 0.3) is 0 Å². The van der Waals surface area contributed by atoms with Crippen LogP contribution in [0.2, 0.25) is 0 Å². The third-order valence-electron chi connectivity index (χ3n) is 2.35. The van der Waals surface area contributed by atoms with Gasteiger partial charge < -0.3 is 9.47 Å². The SMILES string of the molecule is CCOc1ccccc1Oc1ncc(Br)cc1C. The molecule has 4 heteroatoms. The first-order valence-corrected chi connectivity index (χ1v) is 6.52. The minimum atomic E-state index is 0.588. The van der Waals surface area contributed by atoms with Crippen molar-refractivity contribution >= 4 is 15.9 Å². The molecule has 0 spiro atoms. The Morgan fingerprint density at radius 2 is 1.94 bits per heavy atom. The third kappa shape index (κ3) is 3.01. The van der Waals surface area contributed by atoms with E-state index in [9.17, 15) is 0 Å². The van der Waals surface area contributed by atoms with Crippen molar-refractivity contribution in [1.82, 2.24) is 4.98 Å². The lowest BCUT2D eigenvalue weighted by molar-refractivity contribution is 0.319. The first-order valence-electron chi connectivity index (χ1n) is 5.72. The summed E-state index contributed by atoms with van der Waals surface area (Å²) in [6.07, 6.45) is 1.71. The van der Waals surface area contributed by atoms with Gasteiger partial charge in [0.05, 0.1) is 6.61 Å². The topological polar surface area (TPSA) is 31.4 Å². The van der Waals surface area contributed by atoms with Crippen molar-refractivity contribution in [2.45, 2.75) is 13.8 Å². The third-order valence-corrected chi connectivity index (χ3v) is 2.79. The van der Waals surface area contributed by atoms with Crippen molar-refractivity contribution in [3.63, 3.8) is 0 Å². The van der Waals surface area contributed by atoms with Crippen LogP contribution >= 0.6 is 15.9 Å². The quantitative estimate of drug-likeness (QED) is 0.842. The zero-order valence-corrected chi connectivity index (χ0v) is 11.9. The van der Waals surface area contributed by atoms with Crippen molar-refractivity contribution < 1.29 is 9.47 Å². The van der Waals surface area contributed by atoms with Gasteiger partial charge in [0.1, 0.15) is 0 Å². The van der Waals surface area contributed by atoms with E-state index in [-0.39, 0.29) is 0 Å². The first-order chi connectivity index (χ1) is 8.70. The summed E-state index contributed by atoms with van der Waals surface area (Å²) in [6.45, 7) is 4.50. The fourth-order valence-corrected chi connectivity index (χ4v) is 1.99. The molecule has 1 heterocycles. The Bertz CT molecular complexity index is 543. The number of nitrogens with zero attached hydrogens (tertiary/aromatic N) is 1. The van der Waals surface area contributed by atoms with E-state index in [1.165, 1.54) is 0 Å². The molecule has 0 atom stereocenters. The standard InChI is InChI=1S/C14H14BrNO2/c1-3-17-12-6-4-5-7-13(12)18-14-10(2)8-11(15)9-16-14/h4-9H,3H2,1-2H3. The molecule has 0 N–H and O–H groups in total. The summed E-state index contributed by atoms with van der Waals surface area (Å²) in [7, 11) is 0. The van der Waals surface area contributed by atoms with E-state index in [1.807, 2.05) is 44.2 Å². The average Bonchev–Trinajstić information content (AvgIpc) is 2.35. The molecule has 1 aromatic carbocycles. The Balaban J connectivity index is 2.28. The summed E-state index contributed by atoms with van der Waals surface area (Å²) < 4.78 is 12.2. The second-order valence-corrected chi connectivity index (χ2v) is 4.67. The molecule has 3 nitrogen and oxygen atoms in total. The fraction of sp³-hybridized carbons (Fsp3) is 0.214. The Kier molecular flexibility index (Phi) is 4.20. The monoisotopic (exact) mass is 307 g/mol. The van der Waals surface area contributed by atoms with Gasteiger partial charge in [-0.25, -0.2) is 4.98 Å². The molecule has 0 fully saturated rings. The molecule has 94 valence electrons. The van der Waals surface area contributed by atoms with E-state index in [4.69, 9.17) is 9.47 Å².